The van der Waals surface area contributed by atoms with Crippen molar-refractivity contribution < 1.29 is 22.7 Å². The first-order chi connectivity index (χ1) is 14.4. The number of ether oxygens (including phenoxy) is 2. The van der Waals surface area contributed by atoms with Crippen LogP contribution in [0.15, 0.2) is 65.6 Å². The summed E-state index contributed by atoms with van der Waals surface area (Å²) in [6.45, 7) is 3.13. The SMILES string of the molecule is CC1CC2(CCN1C(=O)OCc1ccccc1)OCCN2S(=O)(=O)c1ccccc1. The van der Waals surface area contributed by atoms with E-state index in [9.17, 15) is 13.2 Å². The number of piperidine rings is 1. The third-order valence-corrected chi connectivity index (χ3v) is 7.74. The van der Waals surface area contributed by atoms with Gasteiger partial charge in [0.05, 0.1) is 11.5 Å². The third-order valence-electron chi connectivity index (χ3n) is 5.78. The summed E-state index contributed by atoms with van der Waals surface area (Å²) in [5, 5.41) is 0. The fourth-order valence-corrected chi connectivity index (χ4v) is 6.00. The monoisotopic (exact) mass is 430 g/mol. The number of carbonyl (C=O) groups is 1. The minimum absolute atomic E-state index is 0.207. The highest BCUT2D eigenvalue weighted by molar-refractivity contribution is 7.89. The van der Waals surface area contributed by atoms with Gasteiger partial charge in [-0.1, -0.05) is 48.5 Å². The fraction of sp³-hybridized carbons (Fsp3) is 0.409. The van der Waals surface area contributed by atoms with Crippen molar-refractivity contribution in [3.05, 3.63) is 66.2 Å². The molecule has 2 aliphatic heterocycles. The lowest BCUT2D eigenvalue weighted by molar-refractivity contribution is -0.102. The molecule has 1 amide bonds. The molecule has 8 heteroatoms. The average molecular weight is 431 g/mol. The molecule has 0 N–H and O–H groups in total. The molecule has 160 valence electrons. The molecule has 2 saturated heterocycles. The molecule has 2 heterocycles. The van der Waals surface area contributed by atoms with E-state index >= 15 is 0 Å². The van der Waals surface area contributed by atoms with Crippen molar-refractivity contribution in [1.29, 1.82) is 0 Å². The van der Waals surface area contributed by atoms with Gasteiger partial charge >= 0.3 is 6.09 Å². The molecule has 2 aromatic carbocycles. The summed E-state index contributed by atoms with van der Waals surface area (Å²) in [6, 6.07) is 17.7. The van der Waals surface area contributed by atoms with Crippen LogP contribution in [0.1, 0.15) is 25.3 Å². The van der Waals surface area contributed by atoms with Crippen LogP contribution in [-0.4, -0.2) is 55.2 Å². The second-order valence-electron chi connectivity index (χ2n) is 7.72. The molecule has 0 radical (unpaired) electrons. The molecular weight excluding hydrogens is 404 g/mol. The van der Waals surface area contributed by atoms with E-state index in [1.807, 2.05) is 37.3 Å². The molecule has 2 atom stereocenters. The zero-order valence-electron chi connectivity index (χ0n) is 16.9. The summed E-state index contributed by atoms with van der Waals surface area (Å²) >= 11 is 0. The third kappa shape index (κ3) is 3.95. The van der Waals surface area contributed by atoms with Crippen LogP contribution in [-0.2, 0) is 26.1 Å². The zero-order chi connectivity index (χ0) is 21.2. The van der Waals surface area contributed by atoms with Gasteiger partial charge in [0.1, 0.15) is 12.3 Å². The first-order valence-corrected chi connectivity index (χ1v) is 11.6. The standard InChI is InChI=1S/C22H26N2O5S/c1-18-16-22(12-13-23(18)21(25)28-17-19-8-4-2-5-9-19)24(14-15-29-22)30(26,27)20-10-6-3-7-11-20/h2-11,18H,12-17H2,1H3. The molecule has 4 rings (SSSR count). The van der Waals surface area contributed by atoms with Gasteiger partial charge in [0, 0.05) is 32.0 Å². The minimum atomic E-state index is -3.68. The number of sulfonamides is 1. The van der Waals surface area contributed by atoms with E-state index in [4.69, 9.17) is 9.47 Å². The number of carbonyl (C=O) groups excluding carboxylic acids is 1. The van der Waals surface area contributed by atoms with Crippen molar-refractivity contribution in [3.8, 4) is 0 Å². The lowest BCUT2D eigenvalue weighted by atomic mass is 9.95. The van der Waals surface area contributed by atoms with Gasteiger partial charge in [0.25, 0.3) is 0 Å². The molecule has 0 aliphatic carbocycles. The van der Waals surface area contributed by atoms with Crippen LogP contribution >= 0.6 is 0 Å². The molecule has 2 aliphatic rings. The minimum Gasteiger partial charge on any atom is -0.445 e. The number of rotatable bonds is 4. The Morgan fingerprint density at radius 3 is 2.43 bits per heavy atom. The maximum Gasteiger partial charge on any atom is 0.410 e. The molecule has 0 saturated carbocycles. The van der Waals surface area contributed by atoms with Gasteiger partial charge in [0.2, 0.25) is 10.0 Å². The molecule has 30 heavy (non-hydrogen) atoms. The normalized spacial score (nSPS) is 24.8. The molecule has 0 aromatic heterocycles. The number of amides is 1. The molecule has 0 bridgehead atoms. The van der Waals surface area contributed by atoms with Crippen LogP contribution in [0, 0.1) is 0 Å². The second kappa shape index (κ2) is 8.37. The van der Waals surface area contributed by atoms with E-state index in [2.05, 4.69) is 0 Å². The van der Waals surface area contributed by atoms with Crippen LogP contribution in [0.25, 0.3) is 0 Å². The van der Waals surface area contributed by atoms with Crippen molar-refractivity contribution in [2.24, 2.45) is 0 Å². The Kier molecular flexibility index (Phi) is 5.81. The Bertz CT molecular complexity index is 983. The quantitative estimate of drug-likeness (QED) is 0.744. The van der Waals surface area contributed by atoms with Crippen LogP contribution in [0.3, 0.4) is 0 Å². The Morgan fingerprint density at radius 2 is 1.77 bits per heavy atom. The summed E-state index contributed by atoms with van der Waals surface area (Å²) < 4.78 is 39.4. The van der Waals surface area contributed by atoms with E-state index in [1.165, 1.54) is 4.31 Å². The first-order valence-electron chi connectivity index (χ1n) is 10.1. The summed E-state index contributed by atoms with van der Waals surface area (Å²) in [7, 11) is -3.68. The summed E-state index contributed by atoms with van der Waals surface area (Å²) in [5.74, 6) is 0. The largest absolute Gasteiger partial charge is 0.445 e. The first kappa shape index (κ1) is 20.8. The topological polar surface area (TPSA) is 76.2 Å². The summed E-state index contributed by atoms with van der Waals surface area (Å²) in [6.07, 6.45) is 0.417. The van der Waals surface area contributed by atoms with Crippen LogP contribution in [0.4, 0.5) is 4.79 Å². The molecule has 1 spiro atoms. The van der Waals surface area contributed by atoms with Crippen molar-refractivity contribution >= 4 is 16.1 Å². The van der Waals surface area contributed by atoms with Crippen molar-refractivity contribution in [1.82, 2.24) is 9.21 Å². The molecular formula is C22H26N2O5S. The lowest BCUT2D eigenvalue weighted by Gasteiger charge is -2.45. The highest BCUT2D eigenvalue weighted by Crippen LogP contribution is 2.40. The highest BCUT2D eigenvalue weighted by atomic mass is 32.2. The molecule has 2 unspecified atom stereocenters. The van der Waals surface area contributed by atoms with E-state index in [0.717, 1.165) is 5.56 Å². The van der Waals surface area contributed by atoms with Crippen molar-refractivity contribution in [2.45, 2.75) is 43.0 Å². The Balaban J connectivity index is 1.45. The Hall–Kier alpha value is -2.42. The van der Waals surface area contributed by atoms with Gasteiger partial charge < -0.3 is 14.4 Å². The molecule has 2 fully saturated rings. The number of nitrogens with zero attached hydrogens (tertiary/aromatic N) is 2. The van der Waals surface area contributed by atoms with Crippen LogP contribution in [0.2, 0.25) is 0 Å². The average Bonchev–Trinajstić information content (AvgIpc) is 3.17. The van der Waals surface area contributed by atoms with E-state index in [1.54, 1.807) is 35.2 Å². The maximum atomic E-state index is 13.2. The number of hydrogen-bond acceptors (Lipinski definition) is 5. The second-order valence-corrected chi connectivity index (χ2v) is 9.58. The Morgan fingerprint density at radius 1 is 1.10 bits per heavy atom. The van der Waals surface area contributed by atoms with Crippen LogP contribution < -0.4 is 0 Å². The zero-order valence-corrected chi connectivity index (χ0v) is 17.8. The predicted molar refractivity (Wildman–Crippen MR) is 111 cm³/mol. The van der Waals surface area contributed by atoms with E-state index in [-0.39, 0.29) is 17.5 Å². The van der Waals surface area contributed by atoms with Gasteiger partial charge in [-0.25, -0.2) is 13.2 Å². The number of likely N-dealkylation sites (tertiary alicyclic amines) is 1. The molecule has 2 aromatic rings. The van der Waals surface area contributed by atoms with E-state index in [0.29, 0.717) is 32.5 Å². The predicted octanol–water partition coefficient (Wildman–Crippen LogP) is 3.22. The highest BCUT2D eigenvalue weighted by Gasteiger charge is 2.52. The van der Waals surface area contributed by atoms with Gasteiger partial charge in [-0.15, -0.1) is 0 Å². The van der Waals surface area contributed by atoms with Crippen molar-refractivity contribution in [3.63, 3.8) is 0 Å². The van der Waals surface area contributed by atoms with Gasteiger partial charge in [-0.3, -0.25) is 0 Å². The van der Waals surface area contributed by atoms with Gasteiger partial charge in [-0.05, 0) is 24.6 Å². The maximum absolute atomic E-state index is 13.2. The fourth-order valence-electron chi connectivity index (χ4n) is 4.27. The van der Waals surface area contributed by atoms with Crippen molar-refractivity contribution in [2.75, 3.05) is 19.7 Å². The lowest BCUT2D eigenvalue weighted by Crippen LogP contribution is -2.58. The smallest absolute Gasteiger partial charge is 0.410 e. The summed E-state index contributed by atoms with van der Waals surface area (Å²) in [5.41, 5.74) is -0.00385. The number of hydrogen-bond donors (Lipinski definition) is 0. The Labute approximate surface area is 177 Å². The number of benzene rings is 2. The molecule has 7 nitrogen and oxygen atoms in total. The summed E-state index contributed by atoms with van der Waals surface area (Å²) in [4.78, 5) is 14.5. The van der Waals surface area contributed by atoms with Gasteiger partial charge in [0.15, 0.2) is 0 Å². The van der Waals surface area contributed by atoms with Gasteiger partial charge in [-0.2, -0.15) is 4.31 Å². The van der Waals surface area contributed by atoms with Crippen LogP contribution in [0.5, 0.6) is 0 Å². The van der Waals surface area contributed by atoms with E-state index < -0.39 is 21.8 Å².